The number of halogens is 2. The number of guanidine groups is 2. The molecule has 2 aromatic heterocycles. The number of hydrogen-bond acceptors (Lipinski definition) is 12. The van der Waals surface area contributed by atoms with Gasteiger partial charge >= 0.3 is 11.9 Å². The van der Waals surface area contributed by atoms with Crippen LogP contribution in [-0.2, 0) is 19.2 Å². The number of carbonyl (C=O) groups excluding carboxylic acids is 2. The van der Waals surface area contributed by atoms with E-state index in [1.165, 1.54) is 4.90 Å². The summed E-state index contributed by atoms with van der Waals surface area (Å²) in [6.07, 6.45) is 5.96. The third-order valence-corrected chi connectivity index (χ3v) is 9.76. The number of fused-ring (bicyclic) bond motifs is 4. The average Bonchev–Trinajstić information content (AvgIpc) is 3.82. The number of benzene rings is 2. The molecule has 2 atom stereocenters. The van der Waals surface area contributed by atoms with Crippen LogP contribution in [0.2, 0.25) is 0 Å². The molecule has 2 saturated heterocycles. The lowest BCUT2D eigenvalue weighted by atomic mass is 10.1. The van der Waals surface area contributed by atoms with E-state index >= 15 is 0 Å². The number of aliphatic imine (C=N–C) groups is 2. The summed E-state index contributed by atoms with van der Waals surface area (Å²) in [6.45, 7) is 1.94. The van der Waals surface area contributed by atoms with Crippen LogP contribution in [0.15, 0.2) is 68.0 Å². The fourth-order valence-corrected chi connectivity index (χ4v) is 7.37. The maximum atomic E-state index is 12.6. The second-order valence-corrected chi connectivity index (χ2v) is 12.5. The van der Waals surface area contributed by atoms with Gasteiger partial charge in [-0.25, -0.2) is 4.79 Å². The van der Waals surface area contributed by atoms with Gasteiger partial charge in [0.05, 0.1) is 57.3 Å². The molecule has 2 N–H and O–H groups in total. The summed E-state index contributed by atoms with van der Waals surface area (Å²) in [6, 6.07) is 5.32. The fourth-order valence-electron chi connectivity index (χ4n) is 6.11. The number of carboxylic acid groups (broad SMARTS) is 2. The lowest BCUT2D eigenvalue weighted by Crippen LogP contribution is -2.59. The van der Waals surface area contributed by atoms with Crippen LogP contribution in [0.5, 0.6) is 0 Å². The molecule has 18 heteroatoms. The molecule has 6 heterocycles. The summed E-state index contributed by atoms with van der Waals surface area (Å²) in [5.41, 5.74) is 3.94. The number of carboxylic acids is 2. The second-order valence-electron chi connectivity index (χ2n) is 11.0. The quantitative estimate of drug-likeness (QED) is 0.301. The number of aromatic nitrogens is 4. The monoisotopic (exact) mass is 778 g/mol. The molecule has 0 aliphatic carbocycles. The Kier molecular flexibility index (Phi) is 8.20. The standard InChI is InChI=1S/2C15H12BrN5O3/c16-12-9(2-1-8-13(12)18-4-3-17-8)21-10(7-11(22)23)14(24)20-6-5-19-15(20)21;16-12-9(2-1-8-13(12)18-4-3-17-8)21-10(14(23)24)7-11(22)20-6-5-19-15(20)21/h1-4,10H,5-7H2,(H,22,23);1-4,10H,5-7H2,(H,23,24). The van der Waals surface area contributed by atoms with Gasteiger partial charge in [-0.15, -0.1) is 0 Å². The van der Waals surface area contributed by atoms with Crippen LogP contribution in [0, 0.1) is 0 Å². The Morgan fingerprint density at radius 2 is 1.27 bits per heavy atom. The summed E-state index contributed by atoms with van der Waals surface area (Å²) in [4.78, 5) is 79.9. The third kappa shape index (κ3) is 5.29. The van der Waals surface area contributed by atoms with Crippen molar-refractivity contribution >= 4 is 101 Å². The third-order valence-electron chi connectivity index (χ3n) is 8.20. The van der Waals surface area contributed by atoms with Crippen molar-refractivity contribution in [3.8, 4) is 0 Å². The van der Waals surface area contributed by atoms with Gasteiger partial charge in [0.1, 0.15) is 23.1 Å². The van der Waals surface area contributed by atoms with Gasteiger partial charge in [-0.05, 0) is 56.1 Å². The Hall–Kier alpha value is -5.10. The number of anilines is 2. The van der Waals surface area contributed by atoms with Crippen molar-refractivity contribution in [1.29, 1.82) is 0 Å². The van der Waals surface area contributed by atoms with Crippen molar-refractivity contribution in [2.75, 3.05) is 36.0 Å². The molecule has 16 nitrogen and oxygen atoms in total. The minimum Gasteiger partial charge on any atom is -0.481 e. The van der Waals surface area contributed by atoms with Crippen molar-refractivity contribution < 1.29 is 29.4 Å². The van der Waals surface area contributed by atoms with Gasteiger partial charge < -0.3 is 10.2 Å². The topological polar surface area (TPSA) is 198 Å². The number of rotatable bonds is 5. The largest absolute Gasteiger partial charge is 0.481 e. The first-order valence-corrected chi connectivity index (χ1v) is 16.3. The van der Waals surface area contributed by atoms with Gasteiger partial charge in [-0.1, -0.05) is 0 Å². The van der Waals surface area contributed by atoms with Crippen LogP contribution < -0.4 is 9.80 Å². The van der Waals surface area contributed by atoms with Crippen LogP contribution in [0.25, 0.3) is 22.1 Å². The van der Waals surface area contributed by atoms with E-state index < -0.39 is 24.0 Å². The van der Waals surface area contributed by atoms with E-state index in [1.54, 1.807) is 63.8 Å². The van der Waals surface area contributed by atoms with Gasteiger partial charge in [0, 0.05) is 37.9 Å². The van der Waals surface area contributed by atoms with E-state index in [0.29, 0.717) is 80.5 Å². The van der Waals surface area contributed by atoms with E-state index in [1.807, 2.05) is 0 Å². The lowest BCUT2D eigenvalue weighted by molar-refractivity contribution is -0.142. The normalized spacial score (nSPS) is 20.0. The van der Waals surface area contributed by atoms with Gasteiger partial charge in [-0.2, -0.15) is 0 Å². The molecule has 244 valence electrons. The summed E-state index contributed by atoms with van der Waals surface area (Å²) >= 11 is 7.04. The average molecular weight is 780 g/mol. The Morgan fingerprint density at radius 1 is 0.750 bits per heavy atom. The SMILES string of the molecule is O=C(O)C1CC(=O)N2CCN=C2N1c1ccc2nccnc2c1Br.O=C(O)CC1C(=O)N2CCN=C2N1c1ccc2nccnc2c1Br. The minimum atomic E-state index is -1.07. The summed E-state index contributed by atoms with van der Waals surface area (Å²) in [5.74, 6) is -1.68. The molecule has 0 saturated carbocycles. The van der Waals surface area contributed by atoms with Crippen LogP contribution in [0.1, 0.15) is 12.8 Å². The van der Waals surface area contributed by atoms with Crippen molar-refractivity contribution in [1.82, 2.24) is 29.7 Å². The first kappa shape index (κ1) is 31.5. The van der Waals surface area contributed by atoms with Gasteiger partial charge in [0.15, 0.2) is 0 Å². The number of nitrogens with zero attached hydrogens (tertiary/aromatic N) is 10. The van der Waals surface area contributed by atoms with Gasteiger partial charge in [0.2, 0.25) is 17.8 Å². The molecule has 48 heavy (non-hydrogen) atoms. The number of hydrogen-bond donors (Lipinski definition) is 2. The summed E-state index contributed by atoms with van der Waals surface area (Å²) < 4.78 is 1.29. The molecule has 2 amide bonds. The molecule has 2 fully saturated rings. The molecule has 0 bridgehead atoms. The Labute approximate surface area is 288 Å². The zero-order valence-corrected chi connectivity index (χ0v) is 27.9. The molecular weight excluding hydrogens is 756 g/mol. The maximum Gasteiger partial charge on any atom is 0.327 e. The highest BCUT2D eigenvalue weighted by Gasteiger charge is 2.47. The molecular formula is C30H24Br2N10O6. The van der Waals surface area contributed by atoms with E-state index in [4.69, 9.17) is 0 Å². The fraction of sp³-hybridized carbons (Fsp3) is 0.267. The van der Waals surface area contributed by atoms with Crippen LogP contribution in [-0.4, -0.2) is 114 Å². The Morgan fingerprint density at radius 3 is 1.83 bits per heavy atom. The number of aliphatic carboxylic acids is 2. The highest BCUT2D eigenvalue weighted by atomic mass is 79.9. The Bertz CT molecular complexity index is 2090. The van der Waals surface area contributed by atoms with E-state index in [-0.39, 0.29) is 24.7 Å². The predicted molar refractivity (Wildman–Crippen MR) is 180 cm³/mol. The first-order chi connectivity index (χ1) is 23.2. The van der Waals surface area contributed by atoms with Crippen molar-refractivity contribution in [3.63, 3.8) is 0 Å². The first-order valence-electron chi connectivity index (χ1n) is 14.7. The van der Waals surface area contributed by atoms with Crippen molar-refractivity contribution in [2.24, 2.45) is 9.98 Å². The van der Waals surface area contributed by atoms with E-state index in [9.17, 15) is 29.4 Å². The van der Waals surface area contributed by atoms with Crippen molar-refractivity contribution in [3.05, 3.63) is 58.0 Å². The molecule has 4 aliphatic rings. The van der Waals surface area contributed by atoms with Gasteiger partial charge in [0.25, 0.3) is 5.91 Å². The summed E-state index contributed by atoms with van der Waals surface area (Å²) in [7, 11) is 0. The van der Waals surface area contributed by atoms with Gasteiger partial charge in [-0.3, -0.25) is 63.9 Å². The molecule has 0 radical (unpaired) electrons. The van der Waals surface area contributed by atoms with Crippen molar-refractivity contribution in [2.45, 2.75) is 24.9 Å². The predicted octanol–water partition coefficient (Wildman–Crippen LogP) is 2.51. The molecule has 8 rings (SSSR count). The van der Waals surface area contributed by atoms with Crippen LogP contribution >= 0.6 is 31.9 Å². The molecule has 2 aromatic carbocycles. The summed E-state index contributed by atoms with van der Waals surface area (Å²) in [5, 5.41) is 18.8. The Balaban J connectivity index is 0.000000152. The number of amides is 2. The van der Waals surface area contributed by atoms with Crippen LogP contribution in [0.3, 0.4) is 0 Å². The molecule has 0 spiro atoms. The zero-order chi connectivity index (χ0) is 33.7. The van der Waals surface area contributed by atoms with E-state index in [0.717, 1.165) is 0 Å². The highest BCUT2D eigenvalue weighted by molar-refractivity contribution is 9.11. The minimum absolute atomic E-state index is 0.0979. The molecule has 4 aliphatic heterocycles. The maximum absolute atomic E-state index is 12.6. The molecule has 2 unspecified atom stereocenters. The van der Waals surface area contributed by atoms with Crippen LogP contribution in [0.4, 0.5) is 11.4 Å². The highest BCUT2D eigenvalue weighted by Crippen LogP contribution is 2.38. The zero-order valence-electron chi connectivity index (χ0n) is 24.8. The lowest BCUT2D eigenvalue weighted by Gasteiger charge is -2.39. The smallest absolute Gasteiger partial charge is 0.327 e. The van der Waals surface area contributed by atoms with E-state index in [2.05, 4.69) is 61.8 Å². The molecule has 4 aromatic rings. The number of carbonyl (C=O) groups is 4. The second kappa shape index (κ2) is 12.5.